The van der Waals surface area contributed by atoms with E-state index in [1.165, 1.54) is 7.11 Å². The molecule has 31 valence electrons. The molecule has 4 heteroatoms. The second-order valence-corrected chi connectivity index (χ2v) is 0.523. The zero-order chi connectivity index (χ0) is 4.28. The Labute approximate surface area is 78.6 Å². The molecule has 0 rings (SSSR count). The van der Waals surface area contributed by atoms with Crippen molar-refractivity contribution < 1.29 is 9.53 Å². The van der Waals surface area contributed by atoms with Crippen LogP contribution < -0.4 is 5.73 Å². The van der Waals surface area contributed by atoms with Crippen molar-refractivity contribution in [3.8, 4) is 0 Å². The molecule has 1 amide bonds. The van der Waals surface area contributed by atoms with Gasteiger partial charge in [-0.2, -0.15) is 0 Å². The van der Waals surface area contributed by atoms with E-state index >= 15 is 0 Å². The summed E-state index contributed by atoms with van der Waals surface area (Å²) in [5.41, 5.74) is 4.43. The molecule has 0 aromatic carbocycles. The van der Waals surface area contributed by atoms with Crippen LogP contribution in [0.5, 0.6) is 0 Å². The number of rotatable bonds is 0. The summed E-state index contributed by atoms with van der Waals surface area (Å²) in [6.07, 6.45) is -0.745. The Morgan fingerprint density at radius 3 is 2.00 bits per heavy atom. The number of methoxy groups -OCH3 is 1. The van der Waals surface area contributed by atoms with Crippen molar-refractivity contribution in [2.24, 2.45) is 5.73 Å². The van der Waals surface area contributed by atoms with E-state index in [9.17, 15) is 4.79 Å². The maximum absolute atomic E-state index is 9.37. The maximum Gasteiger partial charge on any atom is 0.404 e. The van der Waals surface area contributed by atoms with Gasteiger partial charge in [0.25, 0.3) is 0 Å². The van der Waals surface area contributed by atoms with Gasteiger partial charge in [0.15, 0.2) is 0 Å². The fraction of sp³-hybridized carbons (Fsp3) is 0.500. The van der Waals surface area contributed by atoms with E-state index in [4.69, 9.17) is 0 Å². The van der Waals surface area contributed by atoms with E-state index < -0.39 is 6.09 Å². The molecule has 1 radical (unpaired) electrons. The monoisotopic (exact) mass is 114 g/mol. The molecule has 0 heterocycles. The van der Waals surface area contributed by atoms with Crippen molar-refractivity contribution in [2.45, 2.75) is 0 Å². The van der Waals surface area contributed by atoms with Gasteiger partial charge in [-0.05, 0) is 0 Å². The van der Waals surface area contributed by atoms with Crippen LogP contribution >= 0.6 is 0 Å². The average Bonchev–Trinajstić information content (AvgIpc) is 1.38. The summed E-state index contributed by atoms with van der Waals surface area (Å²) in [6.45, 7) is 0. The zero-order valence-electron chi connectivity index (χ0n) is 3.89. The zero-order valence-corrected chi connectivity index (χ0v) is 7.02. The summed E-state index contributed by atoms with van der Waals surface area (Å²) in [4.78, 5) is 9.37. The van der Waals surface area contributed by atoms with E-state index in [0.29, 0.717) is 0 Å². The molecule has 2 N–H and O–H groups in total. The minimum absolute atomic E-state index is 0. The van der Waals surface area contributed by atoms with Gasteiger partial charge in [-0.25, -0.2) is 4.79 Å². The van der Waals surface area contributed by atoms with Crippen LogP contribution in [0.25, 0.3) is 0 Å². The maximum atomic E-state index is 9.37. The summed E-state index contributed by atoms with van der Waals surface area (Å²) in [5.74, 6) is 0. The van der Waals surface area contributed by atoms with Gasteiger partial charge in [-0.1, -0.05) is 0 Å². The predicted molar refractivity (Wildman–Crippen MR) is 22.3 cm³/mol. The first-order valence-electron chi connectivity index (χ1n) is 1.11. The topological polar surface area (TPSA) is 52.3 Å². The molecule has 0 atom stereocenters. The standard InChI is InChI=1S/C2H5NO2.K/c1-5-2(3)4;/h1H3,(H2,3,4);. The summed E-state index contributed by atoms with van der Waals surface area (Å²) in [5, 5.41) is 0. The van der Waals surface area contributed by atoms with Crippen molar-refractivity contribution in [3.63, 3.8) is 0 Å². The minimum Gasteiger partial charge on any atom is -0.453 e. The Bertz CT molecular complexity index is 46.8. The number of hydrogen-bond donors (Lipinski definition) is 1. The molecule has 0 spiro atoms. The van der Waals surface area contributed by atoms with Gasteiger partial charge in [0.2, 0.25) is 0 Å². The smallest absolute Gasteiger partial charge is 0.404 e. The molecule has 0 saturated carbocycles. The van der Waals surface area contributed by atoms with Gasteiger partial charge in [0, 0.05) is 51.4 Å². The van der Waals surface area contributed by atoms with Gasteiger partial charge >= 0.3 is 6.09 Å². The fourth-order valence-electron chi connectivity index (χ4n) is 0. The van der Waals surface area contributed by atoms with Crippen LogP contribution in [0.2, 0.25) is 0 Å². The molecule has 0 aliphatic rings. The van der Waals surface area contributed by atoms with Crippen molar-refractivity contribution in [3.05, 3.63) is 0 Å². The van der Waals surface area contributed by atoms with E-state index in [0.717, 1.165) is 0 Å². The molecule has 0 saturated heterocycles. The van der Waals surface area contributed by atoms with E-state index in [-0.39, 0.29) is 51.4 Å². The normalized spacial score (nSPS) is 5.50. The number of carbonyl (C=O) groups excluding carboxylic acids is 1. The van der Waals surface area contributed by atoms with Gasteiger partial charge in [0.1, 0.15) is 0 Å². The third kappa shape index (κ3) is 8.86. The van der Waals surface area contributed by atoms with Gasteiger partial charge in [0.05, 0.1) is 7.11 Å². The van der Waals surface area contributed by atoms with E-state index in [1.54, 1.807) is 0 Å². The summed E-state index contributed by atoms with van der Waals surface area (Å²) < 4.78 is 3.89. The van der Waals surface area contributed by atoms with Crippen LogP contribution in [0.3, 0.4) is 0 Å². The molecule has 0 aromatic heterocycles. The van der Waals surface area contributed by atoms with E-state index in [1.807, 2.05) is 0 Å². The van der Waals surface area contributed by atoms with Crippen molar-refractivity contribution in [2.75, 3.05) is 7.11 Å². The summed E-state index contributed by atoms with van der Waals surface area (Å²) in [7, 11) is 1.22. The number of nitrogens with two attached hydrogens (primary N) is 1. The van der Waals surface area contributed by atoms with Gasteiger partial charge in [-0.3, -0.25) is 0 Å². The van der Waals surface area contributed by atoms with Crippen LogP contribution in [-0.4, -0.2) is 64.6 Å². The molecule has 0 aromatic rings. The Morgan fingerprint density at radius 2 is 2.00 bits per heavy atom. The first-order chi connectivity index (χ1) is 2.27. The first kappa shape index (κ1) is 10.0. The SMILES string of the molecule is COC(N)=O.[K]. The Kier molecular flexibility index (Phi) is 9.85. The number of hydrogen-bond acceptors (Lipinski definition) is 2. The molecule has 0 bridgehead atoms. The third-order valence-electron chi connectivity index (χ3n) is 0.201. The number of primary amides is 1. The van der Waals surface area contributed by atoms with Crippen molar-refractivity contribution in [1.82, 2.24) is 0 Å². The number of ether oxygens (including phenoxy) is 1. The molecule has 0 aliphatic carbocycles. The third-order valence-corrected chi connectivity index (χ3v) is 0.201. The van der Waals surface area contributed by atoms with Gasteiger partial charge in [-0.15, -0.1) is 0 Å². The van der Waals surface area contributed by atoms with Crippen LogP contribution in [-0.2, 0) is 4.74 Å². The van der Waals surface area contributed by atoms with Crippen LogP contribution in [0.15, 0.2) is 0 Å². The molecule has 0 aliphatic heterocycles. The largest absolute Gasteiger partial charge is 0.453 e. The van der Waals surface area contributed by atoms with Crippen LogP contribution in [0.1, 0.15) is 0 Å². The summed E-state index contributed by atoms with van der Waals surface area (Å²) >= 11 is 0. The van der Waals surface area contributed by atoms with Crippen LogP contribution in [0.4, 0.5) is 4.79 Å². The average molecular weight is 114 g/mol. The molecule has 3 nitrogen and oxygen atoms in total. The molecular formula is C2H5KNO2. The van der Waals surface area contributed by atoms with Crippen molar-refractivity contribution in [1.29, 1.82) is 0 Å². The predicted octanol–water partition coefficient (Wildman–Crippen LogP) is -0.669. The fourth-order valence-corrected chi connectivity index (χ4v) is 0. The quantitative estimate of drug-likeness (QED) is 0.425. The Balaban J connectivity index is 0. The second kappa shape index (κ2) is 5.91. The molecular weight excluding hydrogens is 109 g/mol. The van der Waals surface area contributed by atoms with Crippen LogP contribution in [0, 0.1) is 0 Å². The van der Waals surface area contributed by atoms with Crippen molar-refractivity contribution >= 4 is 57.5 Å². The van der Waals surface area contributed by atoms with Gasteiger partial charge < -0.3 is 10.5 Å². The first-order valence-corrected chi connectivity index (χ1v) is 1.11. The van der Waals surface area contributed by atoms with E-state index in [2.05, 4.69) is 10.5 Å². The molecule has 6 heavy (non-hydrogen) atoms. The Morgan fingerprint density at radius 1 is 1.83 bits per heavy atom. The molecule has 0 unspecified atom stereocenters. The second-order valence-electron chi connectivity index (χ2n) is 0.523. The Hall–Kier alpha value is 0.906. The minimum atomic E-state index is -0.745. The summed E-state index contributed by atoms with van der Waals surface area (Å²) in [6, 6.07) is 0. The number of carbonyl (C=O) groups is 1. The number of amides is 1. The molecule has 0 fully saturated rings.